The van der Waals surface area contributed by atoms with Crippen LogP contribution in [0.4, 0.5) is 0 Å². The highest BCUT2D eigenvalue weighted by Crippen LogP contribution is 2.24. The SMILES string of the molecule is CN=C(NCC1CCN(CCOC)CC1)NCC(C)Oc1ccccc1Br.I. The largest absolute Gasteiger partial charge is 0.488 e. The van der Waals surface area contributed by atoms with Crippen LogP contribution in [0.2, 0.25) is 0 Å². The molecule has 1 atom stereocenters. The van der Waals surface area contributed by atoms with Gasteiger partial charge < -0.3 is 25.0 Å². The molecule has 1 unspecified atom stereocenters. The van der Waals surface area contributed by atoms with E-state index >= 15 is 0 Å². The van der Waals surface area contributed by atoms with Gasteiger partial charge in [-0.3, -0.25) is 4.99 Å². The van der Waals surface area contributed by atoms with E-state index in [-0.39, 0.29) is 30.1 Å². The lowest BCUT2D eigenvalue weighted by Crippen LogP contribution is -2.45. The minimum atomic E-state index is 0. The molecule has 1 heterocycles. The summed E-state index contributed by atoms with van der Waals surface area (Å²) in [5.74, 6) is 2.38. The topological polar surface area (TPSA) is 58.1 Å². The van der Waals surface area contributed by atoms with Crippen LogP contribution in [0.1, 0.15) is 19.8 Å². The fraction of sp³-hybridized carbons (Fsp3) is 0.650. The number of benzene rings is 1. The molecule has 6 nitrogen and oxygen atoms in total. The summed E-state index contributed by atoms with van der Waals surface area (Å²) in [7, 11) is 3.57. The molecular formula is C20H34BrIN4O2. The van der Waals surface area contributed by atoms with Gasteiger partial charge in [0.05, 0.1) is 17.6 Å². The van der Waals surface area contributed by atoms with Crippen molar-refractivity contribution in [2.45, 2.75) is 25.9 Å². The van der Waals surface area contributed by atoms with Gasteiger partial charge in [0, 0.05) is 27.2 Å². The molecule has 0 spiro atoms. The molecule has 0 saturated carbocycles. The molecule has 0 aromatic heterocycles. The van der Waals surface area contributed by atoms with Crippen LogP contribution in [0.3, 0.4) is 0 Å². The quantitative estimate of drug-likeness (QED) is 0.272. The highest BCUT2D eigenvalue weighted by molar-refractivity contribution is 14.0. The first-order valence-corrected chi connectivity index (χ1v) is 10.5. The summed E-state index contributed by atoms with van der Waals surface area (Å²) in [4.78, 5) is 6.81. The third-order valence-corrected chi connectivity index (χ3v) is 5.48. The van der Waals surface area contributed by atoms with Gasteiger partial charge in [0.1, 0.15) is 11.9 Å². The van der Waals surface area contributed by atoms with Crippen molar-refractivity contribution in [3.8, 4) is 5.75 Å². The molecule has 1 aromatic carbocycles. The van der Waals surface area contributed by atoms with Crippen molar-refractivity contribution in [1.29, 1.82) is 0 Å². The van der Waals surface area contributed by atoms with E-state index in [9.17, 15) is 0 Å². The van der Waals surface area contributed by atoms with Gasteiger partial charge in [-0.25, -0.2) is 0 Å². The van der Waals surface area contributed by atoms with E-state index in [0.29, 0.717) is 12.5 Å². The molecule has 1 aliphatic rings. The van der Waals surface area contributed by atoms with Crippen LogP contribution in [-0.2, 0) is 4.74 Å². The maximum Gasteiger partial charge on any atom is 0.191 e. The Morgan fingerprint density at radius 1 is 1.29 bits per heavy atom. The lowest BCUT2D eigenvalue weighted by atomic mass is 9.97. The van der Waals surface area contributed by atoms with Gasteiger partial charge in [0.2, 0.25) is 0 Å². The lowest BCUT2D eigenvalue weighted by molar-refractivity contribution is 0.121. The molecule has 160 valence electrons. The van der Waals surface area contributed by atoms with Crippen molar-refractivity contribution in [2.75, 3.05) is 53.5 Å². The van der Waals surface area contributed by atoms with Crippen molar-refractivity contribution in [2.24, 2.45) is 10.9 Å². The summed E-state index contributed by atoms with van der Waals surface area (Å²) in [6.45, 7) is 7.86. The molecule has 8 heteroatoms. The number of methoxy groups -OCH3 is 1. The summed E-state index contributed by atoms with van der Waals surface area (Å²) < 4.78 is 12.1. The van der Waals surface area contributed by atoms with Crippen LogP contribution in [0.5, 0.6) is 5.75 Å². The number of ether oxygens (including phenoxy) is 2. The summed E-state index contributed by atoms with van der Waals surface area (Å²) in [5.41, 5.74) is 0. The van der Waals surface area contributed by atoms with Crippen LogP contribution in [0.15, 0.2) is 33.7 Å². The average molecular weight is 569 g/mol. The number of hydrogen-bond donors (Lipinski definition) is 2. The zero-order chi connectivity index (χ0) is 19.5. The molecule has 1 fully saturated rings. The minimum Gasteiger partial charge on any atom is -0.488 e. The Morgan fingerprint density at radius 3 is 2.64 bits per heavy atom. The van der Waals surface area contributed by atoms with Crippen LogP contribution >= 0.6 is 39.9 Å². The van der Waals surface area contributed by atoms with E-state index in [4.69, 9.17) is 9.47 Å². The van der Waals surface area contributed by atoms with Crippen LogP contribution < -0.4 is 15.4 Å². The summed E-state index contributed by atoms with van der Waals surface area (Å²) in [6.07, 6.45) is 2.47. The fourth-order valence-electron chi connectivity index (χ4n) is 3.14. The molecule has 0 bridgehead atoms. The molecule has 0 amide bonds. The van der Waals surface area contributed by atoms with Crippen molar-refractivity contribution >= 4 is 45.9 Å². The second kappa shape index (κ2) is 14.4. The zero-order valence-electron chi connectivity index (χ0n) is 17.1. The Morgan fingerprint density at radius 2 is 2.00 bits per heavy atom. The minimum absolute atomic E-state index is 0. The number of nitrogens with one attached hydrogen (secondary N) is 2. The third-order valence-electron chi connectivity index (χ3n) is 4.82. The third kappa shape index (κ3) is 9.28. The van der Waals surface area contributed by atoms with Gasteiger partial charge in [-0.15, -0.1) is 24.0 Å². The smallest absolute Gasteiger partial charge is 0.191 e. The predicted molar refractivity (Wildman–Crippen MR) is 130 cm³/mol. The summed E-state index contributed by atoms with van der Waals surface area (Å²) >= 11 is 3.51. The van der Waals surface area contributed by atoms with E-state index in [1.165, 1.54) is 12.8 Å². The van der Waals surface area contributed by atoms with E-state index in [0.717, 1.165) is 49.0 Å². The monoisotopic (exact) mass is 568 g/mol. The van der Waals surface area contributed by atoms with Gasteiger partial charge in [0.15, 0.2) is 5.96 Å². The fourth-order valence-corrected chi connectivity index (χ4v) is 3.51. The van der Waals surface area contributed by atoms with E-state index < -0.39 is 0 Å². The van der Waals surface area contributed by atoms with E-state index in [1.54, 1.807) is 7.11 Å². The highest BCUT2D eigenvalue weighted by Gasteiger charge is 2.19. The molecule has 0 aliphatic carbocycles. The number of rotatable bonds is 9. The second-order valence-electron chi connectivity index (χ2n) is 6.97. The Labute approximate surface area is 195 Å². The molecule has 0 radical (unpaired) electrons. The molecule has 1 aromatic rings. The van der Waals surface area contributed by atoms with Crippen molar-refractivity contribution in [1.82, 2.24) is 15.5 Å². The Bertz CT molecular complexity index is 583. The number of guanidine groups is 1. The van der Waals surface area contributed by atoms with Gasteiger partial charge in [-0.05, 0) is 66.8 Å². The van der Waals surface area contributed by atoms with Crippen molar-refractivity contribution < 1.29 is 9.47 Å². The summed E-state index contributed by atoms with van der Waals surface area (Å²) in [5, 5.41) is 6.82. The van der Waals surface area contributed by atoms with Crippen LogP contribution in [-0.4, -0.2) is 70.5 Å². The number of halogens is 2. The number of piperidine rings is 1. The molecule has 2 N–H and O–H groups in total. The van der Waals surface area contributed by atoms with Gasteiger partial charge >= 0.3 is 0 Å². The molecule has 1 saturated heterocycles. The van der Waals surface area contributed by atoms with Crippen molar-refractivity contribution in [3.63, 3.8) is 0 Å². The van der Waals surface area contributed by atoms with Crippen LogP contribution in [0, 0.1) is 5.92 Å². The maximum atomic E-state index is 5.97. The molecule has 28 heavy (non-hydrogen) atoms. The lowest BCUT2D eigenvalue weighted by Gasteiger charge is -2.32. The normalized spacial score (nSPS) is 16.9. The highest BCUT2D eigenvalue weighted by atomic mass is 127. The zero-order valence-corrected chi connectivity index (χ0v) is 21.0. The number of nitrogens with zero attached hydrogens (tertiary/aromatic N) is 2. The second-order valence-corrected chi connectivity index (χ2v) is 7.83. The molecule has 1 aliphatic heterocycles. The number of aliphatic imine (C=N–C) groups is 1. The van der Waals surface area contributed by atoms with Gasteiger partial charge in [-0.2, -0.15) is 0 Å². The number of likely N-dealkylation sites (tertiary alicyclic amines) is 1. The standard InChI is InChI=1S/C20H33BrN4O2.HI/c1-16(27-19-7-5-4-6-18(19)21)14-23-20(22-2)24-15-17-8-10-25(11-9-17)12-13-26-3;/h4-7,16-17H,8-15H2,1-3H3,(H2,22,23,24);1H. The first kappa shape index (κ1) is 25.5. The first-order valence-electron chi connectivity index (χ1n) is 9.69. The van der Waals surface area contributed by atoms with Crippen LogP contribution in [0.25, 0.3) is 0 Å². The molecular weight excluding hydrogens is 535 g/mol. The average Bonchev–Trinajstić information content (AvgIpc) is 2.69. The Balaban J connectivity index is 0.00000392. The van der Waals surface area contributed by atoms with E-state index in [2.05, 4.69) is 43.4 Å². The number of hydrogen-bond acceptors (Lipinski definition) is 4. The Kier molecular flexibility index (Phi) is 13.1. The summed E-state index contributed by atoms with van der Waals surface area (Å²) in [6, 6.07) is 7.90. The predicted octanol–water partition coefficient (Wildman–Crippen LogP) is 3.36. The number of para-hydroxylation sites is 1. The Hall–Kier alpha value is -0.580. The maximum absolute atomic E-state index is 5.97. The first-order chi connectivity index (χ1) is 13.1. The van der Waals surface area contributed by atoms with E-state index in [1.807, 2.05) is 31.3 Å². The van der Waals surface area contributed by atoms with Gasteiger partial charge in [-0.1, -0.05) is 12.1 Å². The van der Waals surface area contributed by atoms with Gasteiger partial charge in [0.25, 0.3) is 0 Å². The molecule has 2 rings (SSSR count). The van der Waals surface area contributed by atoms with Crippen molar-refractivity contribution in [3.05, 3.63) is 28.7 Å².